The normalized spacial score (nSPS) is 15.6. The third kappa shape index (κ3) is 4.32. The summed E-state index contributed by atoms with van der Waals surface area (Å²) in [5.41, 5.74) is 6.84. The number of benzene rings is 1. The van der Waals surface area contributed by atoms with E-state index in [4.69, 9.17) is 10.3 Å². The molecule has 3 nitrogen and oxygen atoms in total. The van der Waals surface area contributed by atoms with Crippen LogP contribution in [0.4, 0.5) is 0 Å². The van der Waals surface area contributed by atoms with E-state index in [9.17, 15) is 4.21 Å². The molecule has 14 heavy (non-hydrogen) atoms. The van der Waals surface area contributed by atoms with Crippen LogP contribution >= 0.6 is 0 Å². The monoisotopic (exact) mass is 211 g/mol. The Hall–Kier alpha value is -0.970. The molecule has 0 radical (unpaired) electrons. The molecule has 0 saturated heterocycles. The molecule has 0 spiro atoms. The standard InChI is InChI=1S/C10H13NO2S/c11-10(6-7-14(12)13)8-9-4-2-1-3-5-9/h1-7,10H,8,11H2,(H,12,13)/b7-6+. The molecule has 0 aliphatic rings. The van der Waals surface area contributed by atoms with Crippen LogP contribution in [-0.2, 0) is 17.5 Å². The van der Waals surface area contributed by atoms with E-state index in [-0.39, 0.29) is 6.04 Å². The van der Waals surface area contributed by atoms with Gasteiger partial charge in [-0.3, -0.25) is 0 Å². The molecule has 2 atom stereocenters. The van der Waals surface area contributed by atoms with E-state index in [0.29, 0.717) is 6.42 Å². The quantitative estimate of drug-likeness (QED) is 0.738. The summed E-state index contributed by atoms with van der Waals surface area (Å²) < 4.78 is 18.8. The van der Waals surface area contributed by atoms with Crippen molar-refractivity contribution in [1.29, 1.82) is 0 Å². The molecule has 0 fully saturated rings. The molecular weight excluding hydrogens is 198 g/mol. The molecule has 0 aromatic heterocycles. The zero-order valence-corrected chi connectivity index (χ0v) is 8.48. The highest BCUT2D eigenvalue weighted by Gasteiger charge is 1.99. The van der Waals surface area contributed by atoms with Gasteiger partial charge in [-0.05, 0) is 12.0 Å². The molecule has 0 aliphatic heterocycles. The number of rotatable bonds is 4. The summed E-state index contributed by atoms with van der Waals surface area (Å²) in [6.07, 6.45) is 2.22. The van der Waals surface area contributed by atoms with E-state index in [2.05, 4.69) is 0 Å². The van der Waals surface area contributed by atoms with Crippen LogP contribution in [0.1, 0.15) is 5.56 Å². The lowest BCUT2D eigenvalue weighted by Crippen LogP contribution is -2.19. The summed E-state index contributed by atoms with van der Waals surface area (Å²) in [7, 11) is 0. The predicted octanol–water partition coefficient (Wildman–Crippen LogP) is 1.29. The van der Waals surface area contributed by atoms with E-state index in [1.54, 1.807) is 6.08 Å². The van der Waals surface area contributed by atoms with Crippen molar-refractivity contribution in [3.63, 3.8) is 0 Å². The van der Waals surface area contributed by atoms with Gasteiger partial charge < -0.3 is 10.3 Å². The number of nitrogens with two attached hydrogens (primary N) is 1. The first-order valence-electron chi connectivity index (χ1n) is 4.26. The van der Waals surface area contributed by atoms with E-state index in [1.165, 1.54) is 5.41 Å². The average Bonchev–Trinajstić information content (AvgIpc) is 2.16. The van der Waals surface area contributed by atoms with Crippen molar-refractivity contribution in [1.82, 2.24) is 0 Å². The second-order valence-corrected chi connectivity index (χ2v) is 3.78. The Morgan fingerprint density at radius 1 is 1.43 bits per heavy atom. The van der Waals surface area contributed by atoms with Gasteiger partial charge in [0.15, 0.2) is 11.1 Å². The van der Waals surface area contributed by atoms with Crippen molar-refractivity contribution < 1.29 is 8.76 Å². The summed E-state index contributed by atoms with van der Waals surface area (Å²) in [4.78, 5) is 0. The minimum Gasteiger partial charge on any atom is -0.324 e. The van der Waals surface area contributed by atoms with Crippen molar-refractivity contribution >= 4 is 11.1 Å². The first-order chi connectivity index (χ1) is 6.68. The van der Waals surface area contributed by atoms with Gasteiger partial charge in [0.1, 0.15) is 0 Å². The fraction of sp³-hybridized carbons (Fsp3) is 0.200. The highest BCUT2D eigenvalue weighted by Crippen LogP contribution is 2.02. The van der Waals surface area contributed by atoms with Crippen LogP contribution in [0, 0.1) is 0 Å². The van der Waals surface area contributed by atoms with Crippen molar-refractivity contribution in [2.45, 2.75) is 12.5 Å². The van der Waals surface area contributed by atoms with Gasteiger partial charge in [0.2, 0.25) is 0 Å². The molecule has 1 rings (SSSR count). The smallest absolute Gasteiger partial charge is 0.178 e. The largest absolute Gasteiger partial charge is 0.324 e. The molecule has 0 amide bonds. The number of hydrogen-bond acceptors (Lipinski definition) is 2. The maximum absolute atomic E-state index is 10.3. The van der Waals surface area contributed by atoms with Crippen LogP contribution in [0.5, 0.6) is 0 Å². The molecule has 4 heteroatoms. The Balaban J connectivity index is 2.49. The van der Waals surface area contributed by atoms with E-state index >= 15 is 0 Å². The summed E-state index contributed by atoms with van der Waals surface area (Å²) in [5.74, 6) is 0. The Bertz CT molecular complexity index is 324. The van der Waals surface area contributed by atoms with Gasteiger partial charge in [-0.2, -0.15) is 0 Å². The first-order valence-corrected chi connectivity index (χ1v) is 5.43. The van der Waals surface area contributed by atoms with Gasteiger partial charge in [-0.25, -0.2) is 4.21 Å². The zero-order chi connectivity index (χ0) is 10.4. The molecule has 0 aliphatic carbocycles. The molecule has 76 valence electrons. The van der Waals surface area contributed by atoms with Crippen LogP contribution in [0.3, 0.4) is 0 Å². The van der Waals surface area contributed by atoms with Crippen LogP contribution < -0.4 is 5.73 Å². The summed E-state index contributed by atoms with van der Waals surface area (Å²) in [6.45, 7) is 0. The minimum absolute atomic E-state index is 0.214. The van der Waals surface area contributed by atoms with E-state index in [1.807, 2.05) is 30.3 Å². The van der Waals surface area contributed by atoms with Crippen LogP contribution in [0.25, 0.3) is 0 Å². The fourth-order valence-corrected chi connectivity index (χ4v) is 1.46. The Morgan fingerprint density at radius 3 is 2.64 bits per heavy atom. The average molecular weight is 211 g/mol. The van der Waals surface area contributed by atoms with Crippen molar-refractivity contribution in [3.05, 3.63) is 47.4 Å². The Morgan fingerprint density at radius 2 is 2.07 bits per heavy atom. The van der Waals surface area contributed by atoms with Gasteiger partial charge in [0.25, 0.3) is 0 Å². The third-order valence-corrected chi connectivity index (χ3v) is 2.15. The highest BCUT2D eigenvalue weighted by molar-refractivity contribution is 7.82. The van der Waals surface area contributed by atoms with Crippen LogP contribution in [0.15, 0.2) is 41.8 Å². The van der Waals surface area contributed by atoms with Crippen LogP contribution in [-0.4, -0.2) is 14.8 Å². The van der Waals surface area contributed by atoms with Gasteiger partial charge in [0, 0.05) is 11.4 Å². The Labute approximate surface area is 85.9 Å². The van der Waals surface area contributed by atoms with Crippen LogP contribution in [0.2, 0.25) is 0 Å². The molecule has 1 aromatic carbocycles. The second kappa shape index (κ2) is 5.70. The van der Waals surface area contributed by atoms with Gasteiger partial charge >= 0.3 is 0 Å². The lowest BCUT2D eigenvalue weighted by molar-refractivity contribution is 0.573. The van der Waals surface area contributed by atoms with Crippen molar-refractivity contribution in [2.75, 3.05) is 0 Å². The zero-order valence-electron chi connectivity index (χ0n) is 7.67. The molecule has 2 unspecified atom stereocenters. The topological polar surface area (TPSA) is 63.3 Å². The van der Waals surface area contributed by atoms with Gasteiger partial charge in [-0.15, -0.1) is 0 Å². The lowest BCUT2D eigenvalue weighted by Gasteiger charge is -2.05. The predicted molar refractivity (Wildman–Crippen MR) is 58.0 cm³/mol. The summed E-state index contributed by atoms with van der Waals surface area (Å²) in [5, 5.41) is 1.19. The molecule has 1 aromatic rings. The van der Waals surface area contributed by atoms with Crippen molar-refractivity contribution in [2.24, 2.45) is 5.73 Å². The highest BCUT2D eigenvalue weighted by atomic mass is 32.2. The maximum atomic E-state index is 10.3. The second-order valence-electron chi connectivity index (χ2n) is 2.96. The molecule has 3 N–H and O–H groups in total. The summed E-state index contributed by atoms with van der Waals surface area (Å²) in [6, 6.07) is 9.56. The Kier molecular flexibility index (Phi) is 4.52. The molecule has 0 saturated carbocycles. The fourth-order valence-electron chi connectivity index (χ4n) is 1.12. The van der Waals surface area contributed by atoms with Gasteiger partial charge in [0.05, 0.1) is 0 Å². The lowest BCUT2D eigenvalue weighted by atomic mass is 10.1. The maximum Gasteiger partial charge on any atom is 0.178 e. The minimum atomic E-state index is -1.90. The SMILES string of the molecule is NC(/C=C/S(=O)O)Cc1ccccc1. The van der Waals surface area contributed by atoms with E-state index in [0.717, 1.165) is 5.56 Å². The van der Waals surface area contributed by atoms with E-state index < -0.39 is 11.1 Å². The first kappa shape index (κ1) is 11.1. The summed E-state index contributed by atoms with van der Waals surface area (Å²) >= 11 is -1.90. The van der Waals surface area contributed by atoms with Crippen molar-refractivity contribution in [3.8, 4) is 0 Å². The number of hydrogen-bond donors (Lipinski definition) is 2. The molecular formula is C10H13NO2S. The molecule has 0 bridgehead atoms. The third-order valence-electron chi connectivity index (χ3n) is 1.76. The van der Waals surface area contributed by atoms with Gasteiger partial charge in [-0.1, -0.05) is 36.4 Å². The molecule has 0 heterocycles.